The van der Waals surface area contributed by atoms with Crippen molar-refractivity contribution in [2.45, 2.75) is 32.1 Å². The zero-order chi connectivity index (χ0) is 18.8. The normalized spacial score (nSPS) is 14.9. The molecule has 1 aliphatic rings. The van der Waals surface area contributed by atoms with Crippen LogP contribution in [0.3, 0.4) is 0 Å². The van der Waals surface area contributed by atoms with Crippen LogP contribution in [0, 0.1) is 5.41 Å². The predicted octanol–water partition coefficient (Wildman–Crippen LogP) is 1.57. The van der Waals surface area contributed by atoms with Crippen LogP contribution in [0.2, 0.25) is 0 Å². The summed E-state index contributed by atoms with van der Waals surface area (Å²) >= 11 is 0. The third-order valence-electron chi connectivity index (χ3n) is 3.70. The molecule has 0 aromatic heterocycles. The minimum Gasteiger partial charge on any atom is -0.426 e. The number of nitrogens with zero attached hydrogens (tertiary/aromatic N) is 1. The van der Waals surface area contributed by atoms with E-state index in [1.165, 1.54) is 12.1 Å². The quantitative estimate of drug-likeness (QED) is 0.427. The Morgan fingerprint density at radius 3 is 2.08 bits per heavy atom. The first-order valence-corrected chi connectivity index (χ1v) is 8.81. The maximum Gasteiger partial charge on any atom is 0.318 e. The molecule has 2 rings (SSSR count). The van der Waals surface area contributed by atoms with Crippen molar-refractivity contribution in [1.82, 2.24) is 5.06 Å². The summed E-state index contributed by atoms with van der Waals surface area (Å²) in [5.74, 6) is -2.05. The molecule has 0 spiro atoms. The molecule has 0 atom stereocenters. The van der Waals surface area contributed by atoms with Gasteiger partial charge in [-0.05, 0) is 44.5 Å². The summed E-state index contributed by atoms with van der Waals surface area (Å²) in [5.41, 5.74) is -0.669. The minimum atomic E-state index is -4.38. The van der Waals surface area contributed by atoms with Gasteiger partial charge in [0, 0.05) is 12.2 Å². The van der Waals surface area contributed by atoms with Crippen LogP contribution in [-0.4, -0.2) is 31.3 Å². The van der Waals surface area contributed by atoms with E-state index >= 15 is 0 Å². The molecule has 8 nitrogen and oxygen atoms in total. The fraction of sp³-hybridized carbons (Fsp3) is 0.312. The third-order valence-corrected chi connectivity index (χ3v) is 4.90. The number of hydrogen-bond acceptors (Lipinski definition) is 7. The molecule has 134 valence electrons. The highest BCUT2D eigenvalue weighted by molar-refractivity contribution is 7.86. The molecular weight excluding hydrogens is 350 g/mol. The van der Waals surface area contributed by atoms with Crippen molar-refractivity contribution in [2.24, 2.45) is 5.41 Å². The summed E-state index contributed by atoms with van der Waals surface area (Å²) in [7, 11) is -4.38. The molecule has 0 fully saturated rings. The molecule has 1 aliphatic heterocycles. The molecule has 0 saturated heterocycles. The summed E-state index contributed by atoms with van der Waals surface area (Å²) < 4.78 is 34.0. The van der Waals surface area contributed by atoms with Gasteiger partial charge in [0.25, 0.3) is 11.8 Å². The molecule has 1 aromatic rings. The van der Waals surface area contributed by atoms with E-state index in [2.05, 4.69) is 4.28 Å². The van der Waals surface area contributed by atoms with Crippen molar-refractivity contribution in [2.75, 3.05) is 0 Å². The van der Waals surface area contributed by atoms with E-state index in [-0.39, 0.29) is 15.7 Å². The van der Waals surface area contributed by atoms with E-state index in [0.29, 0.717) is 6.42 Å². The standard InChI is InChI=1S/C16H17NO7S/c1-4-16(2,3)15(20)23-11-5-7-12(8-6-11)25(21,22)24-17-13(18)9-10-14(17)19/h5-10H,4H2,1-3H3. The fourth-order valence-electron chi connectivity index (χ4n) is 1.67. The molecule has 0 N–H and O–H groups in total. The highest BCUT2D eigenvalue weighted by Crippen LogP contribution is 2.25. The Morgan fingerprint density at radius 1 is 1.08 bits per heavy atom. The highest BCUT2D eigenvalue weighted by atomic mass is 32.2. The minimum absolute atomic E-state index is 0.146. The van der Waals surface area contributed by atoms with Crippen LogP contribution < -0.4 is 4.74 Å². The van der Waals surface area contributed by atoms with Crippen molar-refractivity contribution in [3.05, 3.63) is 36.4 Å². The average Bonchev–Trinajstić information content (AvgIpc) is 2.87. The number of carbonyl (C=O) groups excluding carboxylic acids is 3. The fourth-order valence-corrected chi connectivity index (χ4v) is 2.56. The molecule has 1 heterocycles. The van der Waals surface area contributed by atoms with Crippen LogP contribution in [0.5, 0.6) is 5.75 Å². The van der Waals surface area contributed by atoms with E-state index in [9.17, 15) is 22.8 Å². The van der Waals surface area contributed by atoms with E-state index in [4.69, 9.17) is 4.74 Å². The number of rotatable bonds is 6. The molecule has 0 aliphatic carbocycles. The Morgan fingerprint density at radius 2 is 1.60 bits per heavy atom. The van der Waals surface area contributed by atoms with E-state index in [1.807, 2.05) is 6.92 Å². The third kappa shape index (κ3) is 4.12. The lowest BCUT2D eigenvalue weighted by atomic mass is 9.91. The summed E-state index contributed by atoms with van der Waals surface area (Å²) in [5, 5.41) is 0.146. The first kappa shape index (κ1) is 18.8. The van der Waals surface area contributed by atoms with Crippen LogP contribution in [0.1, 0.15) is 27.2 Å². The van der Waals surface area contributed by atoms with Crippen LogP contribution >= 0.6 is 0 Å². The van der Waals surface area contributed by atoms with Gasteiger partial charge < -0.3 is 4.74 Å². The second-order valence-electron chi connectivity index (χ2n) is 5.93. The first-order valence-electron chi connectivity index (χ1n) is 7.40. The van der Waals surface area contributed by atoms with E-state index in [0.717, 1.165) is 24.3 Å². The van der Waals surface area contributed by atoms with Gasteiger partial charge in [-0.2, -0.15) is 8.42 Å². The van der Waals surface area contributed by atoms with Crippen LogP contribution in [0.25, 0.3) is 0 Å². The van der Waals surface area contributed by atoms with Gasteiger partial charge in [-0.15, -0.1) is 9.35 Å². The Kier molecular flexibility index (Phi) is 5.09. The number of ether oxygens (including phenoxy) is 1. The summed E-state index contributed by atoms with van der Waals surface area (Å²) in [6.45, 7) is 5.32. The Hall–Kier alpha value is -2.52. The second kappa shape index (κ2) is 6.77. The molecule has 1 aromatic carbocycles. The lowest BCUT2D eigenvalue weighted by Crippen LogP contribution is -2.32. The topological polar surface area (TPSA) is 107 Å². The number of benzene rings is 1. The van der Waals surface area contributed by atoms with Gasteiger partial charge in [0.05, 0.1) is 10.3 Å². The molecule has 0 unspecified atom stereocenters. The van der Waals surface area contributed by atoms with E-state index < -0.39 is 33.3 Å². The maximum atomic E-state index is 12.1. The number of amides is 2. The molecular formula is C16H17NO7S. The van der Waals surface area contributed by atoms with E-state index in [1.54, 1.807) is 13.8 Å². The smallest absolute Gasteiger partial charge is 0.318 e. The van der Waals surface area contributed by atoms with Gasteiger partial charge in [0.2, 0.25) is 0 Å². The molecule has 2 amide bonds. The summed E-state index contributed by atoms with van der Waals surface area (Å²) in [4.78, 5) is 34.4. The predicted molar refractivity (Wildman–Crippen MR) is 85.4 cm³/mol. The number of carbonyl (C=O) groups is 3. The van der Waals surface area contributed by atoms with Gasteiger partial charge in [-0.3, -0.25) is 14.4 Å². The van der Waals surface area contributed by atoms with Crippen molar-refractivity contribution in [3.63, 3.8) is 0 Å². The van der Waals surface area contributed by atoms with Crippen LogP contribution in [-0.2, 0) is 28.8 Å². The molecule has 9 heteroatoms. The Bertz CT molecular complexity index is 820. The average molecular weight is 367 g/mol. The van der Waals surface area contributed by atoms with Crippen molar-refractivity contribution in [3.8, 4) is 5.75 Å². The van der Waals surface area contributed by atoms with Gasteiger partial charge in [-0.25, -0.2) is 0 Å². The Balaban J connectivity index is 2.12. The van der Waals surface area contributed by atoms with Crippen molar-refractivity contribution < 1.29 is 31.8 Å². The number of hydroxylamine groups is 2. The highest BCUT2D eigenvalue weighted by Gasteiger charge is 2.31. The molecule has 0 radical (unpaired) electrons. The van der Waals surface area contributed by atoms with Crippen LogP contribution in [0.15, 0.2) is 41.3 Å². The maximum absolute atomic E-state index is 12.1. The van der Waals surface area contributed by atoms with Gasteiger partial charge in [0.15, 0.2) is 0 Å². The first-order chi connectivity index (χ1) is 11.6. The summed E-state index contributed by atoms with van der Waals surface area (Å²) in [6, 6.07) is 4.86. The lowest BCUT2D eigenvalue weighted by molar-refractivity contribution is -0.161. The van der Waals surface area contributed by atoms with Crippen molar-refractivity contribution >= 4 is 27.9 Å². The van der Waals surface area contributed by atoms with Gasteiger partial charge >= 0.3 is 16.1 Å². The molecule has 0 bridgehead atoms. The van der Waals surface area contributed by atoms with Crippen molar-refractivity contribution in [1.29, 1.82) is 0 Å². The number of hydrogen-bond donors (Lipinski definition) is 0. The number of imide groups is 1. The largest absolute Gasteiger partial charge is 0.426 e. The lowest BCUT2D eigenvalue weighted by Gasteiger charge is -2.20. The van der Waals surface area contributed by atoms with Crippen LogP contribution in [0.4, 0.5) is 0 Å². The zero-order valence-corrected chi connectivity index (χ0v) is 14.7. The SMILES string of the molecule is CCC(C)(C)C(=O)Oc1ccc(S(=O)(=O)ON2C(=O)C=CC2=O)cc1. The molecule has 25 heavy (non-hydrogen) atoms. The Labute approximate surface area is 145 Å². The van der Waals surface area contributed by atoms with Gasteiger partial charge in [0.1, 0.15) is 5.75 Å². The second-order valence-corrected chi connectivity index (χ2v) is 7.46. The zero-order valence-electron chi connectivity index (χ0n) is 13.9. The van der Waals surface area contributed by atoms with Gasteiger partial charge in [-0.1, -0.05) is 6.92 Å². The number of esters is 1. The summed E-state index contributed by atoms with van der Waals surface area (Å²) in [6.07, 6.45) is 2.38. The molecule has 0 saturated carbocycles. The monoisotopic (exact) mass is 367 g/mol.